The molecule has 0 N–H and O–H groups in total. The van der Waals surface area contributed by atoms with E-state index in [2.05, 4.69) is 216 Å². The molecule has 10 aromatic carbocycles. The van der Waals surface area contributed by atoms with E-state index in [1.54, 1.807) is 6.92 Å². The first kappa shape index (κ1) is 49.0. The third-order valence-corrected chi connectivity index (χ3v) is 15.7. The molecule has 0 aliphatic rings. The molecular weight excluding hydrogens is 952 g/mol. The predicted octanol–water partition coefficient (Wildman–Crippen LogP) is 19.9. The van der Waals surface area contributed by atoms with Crippen LogP contribution in [-0.4, -0.2) is 9.13 Å². The highest BCUT2D eigenvalue weighted by Crippen LogP contribution is 2.45. The number of fused-ring (bicyclic) bond motifs is 6. The fourth-order valence-corrected chi connectivity index (χ4v) is 12.2. The molecule has 6 heteroatoms. The highest BCUT2D eigenvalue weighted by Gasteiger charge is 2.32. The normalized spacial score (nSPS) is 11.9. The Morgan fingerprint density at radius 2 is 0.675 bits per heavy atom. The fraction of sp³-hybridized carbons (Fsp3) is 0.141. The Labute approximate surface area is 447 Å². The highest BCUT2D eigenvalue weighted by atomic mass is 19.4. The molecule has 0 amide bonds. The van der Waals surface area contributed by atoms with Gasteiger partial charge in [-0.2, -0.15) is 18.4 Å². The van der Waals surface area contributed by atoms with Gasteiger partial charge < -0.3 is 9.13 Å². The van der Waals surface area contributed by atoms with E-state index < -0.39 is 11.7 Å². The van der Waals surface area contributed by atoms with Crippen LogP contribution in [0.15, 0.2) is 176 Å². The van der Waals surface area contributed by atoms with Gasteiger partial charge in [0, 0.05) is 27.1 Å². The van der Waals surface area contributed by atoms with Crippen molar-refractivity contribution in [2.24, 2.45) is 0 Å². The zero-order valence-electron chi connectivity index (χ0n) is 44.7. The monoisotopic (exact) mass is 1010 g/mol. The van der Waals surface area contributed by atoms with Crippen LogP contribution in [0, 0.1) is 73.6 Å². The summed E-state index contributed by atoms with van der Waals surface area (Å²) in [5.74, 6) is 0. The molecule has 0 spiro atoms. The molecule has 0 aliphatic carbocycles. The van der Waals surface area contributed by atoms with Crippen molar-refractivity contribution >= 4 is 43.6 Å². The summed E-state index contributed by atoms with van der Waals surface area (Å²) in [6.45, 7) is 18.6. The van der Waals surface area contributed by atoms with Crippen LogP contribution in [0.4, 0.5) is 13.2 Å². The number of nitriles is 1. The van der Waals surface area contributed by atoms with E-state index in [0.717, 1.165) is 99.2 Å². The van der Waals surface area contributed by atoms with Crippen LogP contribution < -0.4 is 0 Å². The largest absolute Gasteiger partial charge is 0.416 e. The fourth-order valence-electron chi connectivity index (χ4n) is 12.2. The van der Waals surface area contributed by atoms with Crippen molar-refractivity contribution in [1.82, 2.24) is 9.13 Å². The van der Waals surface area contributed by atoms with E-state index in [-0.39, 0.29) is 0 Å². The van der Waals surface area contributed by atoms with Gasteiger partial charge in [0.05, 0.1) is 44.6 Å². The molecule has 0 radical (unpaired) electrons. The van der Waals surface area contributed by atoms with Crippen LogP contribution in [0.3, 0.4) is 0 Å². The van der Waals surface area contributed by atoms with Crippen LogP contribution in [0.1, 0.15) is 61.2 Å². The topological polar surface area (TPSA) is 33.6 Å². The Morgan fingerprint density at radius 3 is 1.00 bits per heavy atom. The quantitative estimate of drug-likeness (QED) is 0.157. The minimum absolute atomic E-state index is 0.372. The van der Waals surface area contributed by atoms with Crippen molar-refractivity contribution in [3.8, 4) is 73.1 Å². The maximum absolute atomic E-state index is 15.0. The second-order valence-electron chi connectivity index (χ2n) is 21.5. The second-order valence-corrected chi connectivity index (χ2v) is 21.5. The van der Waals surface area contributed by atoms with Gasteiger partial charge >= 0.3 is 6.18 Å². The Morgan fingerprint density at radius 1 is 0.325 bits per heavy atom. The van der Waals surface area contributed by atoms with E-state index in [1.165, 1.54) is 45.5 Å². The van der Waals surface area contributed by atoms with Crippen LogP contribution in [0.2, 0.25) is 0 Å². The molecular formula is C71H56F3N3. The number of nitrogens with zero attached hydrogens (tertiary/aromatic N) is 3. The first-order chi connectivity index (χ1) is 36.9. The first-order valence-electron chi connectivity index (χ1n) is 26.2. The average molecular weight is 1010 g/mol. The Bertz CT molecular complexity index is 4280. The number of benzene rings is 10. The second kappa shape index (κ2) is 18.4. The van der Waals surface area contributed by atoms with Crippen molar-refractivity contribution in [3.63, 3.8) is 0 Å². The molecule has 0 saturated heterocycles. The summed E-state index contributed by atoms with van der Waals surface area (Å²) >= 11 is 0. The van der Waals surface area contributed by atoms with E-state index in [0.29, 0.717) is 33.6 Å². The number of halogens is 3. The summed E-state index contributed by atoms with van der Waals surface area (Å²) in [6, 6.07) is 62.7. The summed E-state index contributed by atoms with van der Waals surface area (Å²) in [4.78, 5) is 0. The lowest BCUT2D eigenvalue weighted by atomic mass is 9.95. The van der Waals surface area contributed by atoms with Gasteiger partial charge in [-0.3, -0.25) is 0 Å². The van der Waals surface area contributed by atoms with Gasteiger partial charge in [-0.05, 0) is 213 Å². The van der Waals surface area contributed by atoms with Crippen molar-refractivity contribution < 1.29 is 13.2 Å². The molecule has 2 aromatic heterocycles. The number of hydrogen-bond donors (Lipinski definition) is 0. The lowest BCUT2D eigenvalue weighted by Gasteiger charge is -2.20. The Balaban J connectivity index is 1.18. The van der Waals surface area contributed by atoms with Crippen molar-refractivity contribution in [3.05, 3.63) is 237 Å². The van der Waals surface area contributed by atoms with Gasteiger partial charge in [0.1, 0.15) is 6.07 Å². The van der Waals surface area contributed by atoms with Crippen molar-refractivity contribution in [2.45, 2.75) is 68.5 Å². The maximum Gasteiger partial charge on any atom is 0.416 e. The standard InChI is InChI=1S/C71H56F3N3/c1-40-10-18-56(45(6)26-40)49-14-22-65-61(33-49)62-34-50(57-19-11-41(2)27-46(57)7)15-23-66(62)76(65)69-38-60(53-30-44(5)31-55(32-53)71(72,73)74)70(37-54(69)39-75)77-67-24-16-51(58-20-12-42(3)28-47(58)8)35-63(67)64-36-52(17-25-68(64)77)59-21-13-43(4)29-48(59)9/h10-38H,1-9H3. The molecule has 0 atom stereocenters. The number of rotatable bonds is 7. The van der Waals surface area contributed by atoms with Gasteiger partial charge in [-0.25, -0.2) is 0 Å². The molecule has 12 aromatic rings. The molecule has 3 nitrogen and oxygen atoms in total. The van der Waals surface area contributed by atoms with Gasteiger partial charge in [-0.1, -0.05) is 125 Å². The number of aryl methyl sites for hydroxylation is 9. The summed E-state index contributed by atoms with van der Waals surface area (Å²) in [5.41, 5.74) is 23.8. The van der Waals surface area contributed by atoms with E-state index >= 15 is 13.2 Å². The molecule has 77 heavy (non-hydrogen) atoms. The summed E-state index contributed by atoms with van der Waals surface area (Å²) in [6.07, 6.45) is -4.61. The van der Waals surface area contributed by atoms with Crippen LogP contribution in [-0.2, 0) is 6.18 Å². The van der Waals surface area contributed by atoms with Gasteiger partial charge in [0.25, 0.3) is 0 Å². The minimum atomic E-state index is -4.61. The number of aromatic nitrogens is 2. The molecule has 376 valence electrons. The highest BCUT2D eigenvalue weighted by molar-refractivity contribution is 6.14. The SMILES string of the molecule is Cc1cc(-c2cc(-n3c4ccc(-c5ccc(C)cc5C)cc4c4cc(-c5ccc(C)cc5C)ccc43)c(C#N)cc2-n2c3ccc(-c4ccc(C)cc4C)cc3c3cc(-c4ccc(C)cc4C)ccc32)cc(C(F)(F)F)c1. The molecule has 0 unspecified atom stereocenters. The van der Waals surface area contributed by atoms with E-state index in [4.69, 9.17) is 0 Å². The van der Waals surface area contributed by atoms with Crippen molar-refractivity contribution in [2.75, 3.05) is 0 Å². The number of hydrogen-bond acceptors (Lipinski definition) is 1. The zero-order chi connectivity index (χ0) is 53.8. The molecule has 0 aliphatic heterocycles. The minimum Gasteiger partial charge on any atom is -0.309 e. The first-order valence-corrected chi connectivity index (χ1v) is 26.2. The lowest BCUT2D eigenvalue weighted by Crippen LogP contribution is -2.07. The zero-order valence-corrected chi connectivity index (χ0v) is 44.7. The number of alkyl halides is 3. The van der Waals surface area contributed by atoms with Gasteiger partial charge in [0.2, 0.25) is 0 Å². The maximum atomic E-state index is 15.0. The average Bonchev–Trinajstić information content (AvgIpc) is 4.08. The molecule has 0 bridgehead atoms. The third kappa shape index (κ3) is 8.48. The summed E-state index contributed by atoms with van der Waals surface area (Å²) in [7, 11) is 0. The van der Waals surface area contributed by atoms with Gasteiger partial charge in [-0.15, -0.1) is 0 Å². The summed E-state index contributed by atoms with van der Waals surface area (Å²) in [5, 5.41) is 15.5. The molecule has 12 rings (SSSR count). The van der Waals surface area contributed by atoms with E-state index in [1.807, 2.05) is 18.2 Å². The summed E-state index contributed by atoms with van der Waals surface area (Å²) < 4.78 is 49.4. The lowest BCUT2D eigenvalue weighted by molar-refractivity contribution is -0.137. The van der Waals surface area contributed by atoms with Crippen LogP contribution in [0.25, 0.3) is 111 Å². The molecule has 2 heterocycles. The smallest absolute Gasteiger partial charge is 0.309 e. The Kier molecular flexibility index (Phi) is 11.7. The van der Waals surface area contributed by atoms with Crippen molar-refractivity contribution in [1.29, 1.82) is 5.26 Å². The molecule has 0 fully saturated rings. The van der Waals surface area contributed by atoms with Crippen LogP contribution >= 0.6 is 0 Å². The Hall–Kier alpha value is -8.92. The third-order valence-electron chi connectivity index (χ3n) is 15.7. The van der Waals surface area contributed by atoms with Crippen LogP contribution in [0.5, 0.6) is 0 Å². The van der Waals surface area contributed by atoms with Gasteiger partial charge in [0.15, 0.2) is 0 Å². The predicted molar refractivity (Wildman–Crippen MR) is 315 cm³/mol. The van der Waals surface area contributed by atoms with E-state index in [9.17, 15) is 5.26 Å². The molecule has 0 saturated carbocycles.